The molecule has 0 atom stereocenters. The van der Waals surface area contributed by atoms with Gasteiger partial charge >= 0.3 is 0 Å². The Balaban J connectivity index is 1.84. The topological polar surface area (TPSA) is 88.2 Å². The molecule has 1 heterocycles. The molecule has 0 saturated carbocycles. The molecule has 0 bridgehead atoms. The number of amides is 1. The minimum absolute atomic E-state index is 0.0419. The number of hydrogen-bond donors (Lipinski definition) is 2. The lowest BCUT2D eigenvalue weighted by Crippen LogP contribution is -2.16. The average molecular weight is 388 g/mol. The van der Waals surface area contributed by atoms with Crippen molar-refractivity contribution in [1.29, 1.82) is 0 Å². The van der Waals surface area contributed by atoms with Crippen molar-refractivity contribution in [2.24, 2.45) is 0 Å². The van der Waals surface area contributed by atoms with Crippen LogP contribution in [-0.2, 0) is 10.0 Å². The summed E-state index contributed by atoms with van der Waals surface area (Å²) in [6.07, 6.45) is 3.09. The highest BCUT2D eigenvalue weighted by atomic mass is 35.5. The molecular weight excluding hydrogens is 374 g/mol. The van der Waals surface area contributed by atoms with Crippen molar-refractivity contribution >= 4 is 38.9 Å². The fraction of sp³-hybridized carbons (Fsp3) is 0. The minimum Gasteiger partial charge on any atom is -0.322 e. The van der Waals surface area contributed by atoms with Gasteiger partial charge in [0.25, 0.3) is 15.9 Å². The molecule has 0 aliphatic heterocycles. The van der Waals surface area contributed by atoms with Gasteiger partial charge in [0.2, 0.25) is 0 Å². The van der Waals surface area contributed by atoms with Crippen LogP contribution in [0.5, 0.6) is 0 Å². The maximum atomic E-state index is 12.6. The van der Waals surface area contributed by atoms with E-state index in [9.17, 15) is 13.2 Å². The molecule has 0 unspecified atom stereocenters. The van der Waals surface area contributed by atoms with Crippen LogP contribution in [0.4, 0.5) is 11.4 Å². The van der Waals surface area contributed by atoms with Crippen LogP contribution in [0.3, 0.4) is 0 Å². The highest BCUT2D eigenvalue weighted by Gasteiger charge is 2.17. The molecule has 1 aromatic heterocycles. The SMILES string of the molecule is O=C(Nc1ccncc1)c1cccc(S(=O)(=O)Nc2ccccc2Cl)c1. The molecule has 132 valence electrons. The first-order valence-electron chi connectivity index (χ1n) is 7.54. The number of anilines is 2. The summed E-state index contributed by atoms with van der Waals surface area (Å²) in [6, 6.07) is 15.5. The molecule has 8 heteroatoms. The summed E-state index contributed by atoms with van der Waals surface area (Å²) in [5.41, 5.74) is 1.04. The van der Waals surface area contributed by atoms with Gasteiger partial charge in [-0.15, -0.1) is 0 Å². The van der Waals surface area contributed by atoms with Crippen LogP contribution in [0.25, 0.3) is 0 Å². The smallest absolute Gasteiger partial charge is 0.261 e. The molecule has 0 aliphatic carbocycles. The van der Waals surface area contributed by atoms with Gasteiger partial charge in [0.05, 0.1) is 15.6 Å². The molecule has 3 rings (SSSR count). The highest BCUT2D eigenvalue weighted by molar-refractivity contribution is 7.92. The summed E-state index contributed by atoms with van der Waals surface area (Å²) in [5.74, 6) is -0.425. The molecule has 0 radical (unpaired) electrons. The molecule has 0 aliphatic rings. The second-order valence-corrected chi connectivity index (χ2v) is 7.39. The highest BCUT2D eigenvalue weighted by Crippen LogP contribution is 2.24. The van der Waals surface area contributed by atoms with Crippen molar-refractivity contribution in [1.82, 2.24) is 4.98 Å². The molecule has 2 aromatic carbocycles. The Morgan fingerprint density at radius 2 is 1.69 bits per heavy atom. The monoisotopic (exact) mass is 387 g/mol. The first-order valence-corrected chi connectivity index (χ1v) is 9.40. The second-order valence-electron chi connectivity index (χ2n) is 5.30. The summed E-state index contributed by atoms with van der Waals surface area (Å²) < 4.78 is 27.6. The Morgan fingerprint density at radius 3 is 2.42 bits per heavy atom. The van der Waals surface area contributed by atoms with Crippen molar-refractivity contribution in [3.8, 4) is 0 Å². The number of carbonyl (C=O) groups excluding carboxylic acids is 1. The Hall–Kier alpha value is -2.90. The lowest BCUT2D eigenvalue weighted by atomic mass is 10.2. The van der Waals surface area contributed by atoms with Gasteiger partial charge in [-0.2, -0.15) is 0 Å². The number of nitrogens with one attached hydrogen (secondary N) is 2. The average Bonchev–Trinajstić information content (AvgIpc) is 2.64. The largest absolute Gasteiger partial charge is 0.322 e. The quantitative estimate of drug-likeness (QED) is 0.697. The van der Waals surface area contributed by atoms with E-state index in [1.807, 2.05) is 0 Å². The van der Waals surface area contributed by atoms with Gasteiger partial charge in [-0.3, -0.25) is 14.5 Å². The molecule has 2 N–H and O–H groups in total. The number of para-hydroxylation sites is 1. The third kappa shape index (κ3) is 4.19. The molecule has 0 fully saturated rings. The minimum atomic E-state index is -3.89. The number of rotatable bonds is 5. The van der Waals surface area contributed by atoms with E-state index in [-0.39, 0.29) is 21.2 Å². The van der Waals surface area contributed by atoms with E-state index in [1.54, 1.807) is 48.8 Å². The van der Waals surface area contributed by atoms with Gasteiger partial charge < -0.3 is 5.32 Å². The van der Waals surface area contributed by atoms with E-state index in [0.717, 1.165) is 0 Å². The van der Waals surface area contributed by atoms with Crippen molar-refractivity contribution in [3.63, 3.8) is 0 Å². The Bertz CT molecular complexity index is 1040. The van der Waals surface area contributed by atoms with Crippen LogP contribution in [0.15, 0.2) is 78.0 Å². The maximum absolute atomic E-state index is 12.6. The number of sulfonamides is 1. The summed E-state index contributed by atoms with van der Waals surface area (Å²) >= 11 is 5.99. The lowest BCUT2D eigenvalue weighted by Gasteiger charge is -2.11. The van der Waals surface area contributed by atoms with Gasteiger partial charge in [-0.05, 0) is 42.5 Å². The fourth-order valence-corrected chi connectivity index (χ4v) is 3.55. The Labute approximate surface area is 155 Å². The van der Waals surface area contributed by atoms with Crippen molar-refractivity contribution in [2.45, 2.75) is 4.90 Å². The van der Waals surface area contributed by atoms with Gasteiger partial charge in [0.1, 0.15) is 0 Å². The second kappa shape index (κ2) is 7.55. The van der Waals surface area contributed by atoms with Gasteiger partial charge in [0, 0.05) is 23.6 Å². The van der Waals surface area contributed by atoms with Crippen LogP contribution < -0.4 is 10.0 Å². The molecule has 26 heavy (non-hydrogen) atoms. The van der Waals surface area contributed by atoms with Crippen LogP contribution in [0, 0.1) is 0 Å². The fourth-order valence-electron chi connectivity index (χ4n) is 2.19. The Kier molecular flexibility index (Phi) is 5.20. The zero-order chi connectivity index (χ0) is 18.6. The molecular formula is C18H14ClN3O3S. The number of halogens is 1. The van der Waals surface area contributed by atoms with Gasteiger partial charge in [-0.1, -0.05) is 29.8 Å². The van der Waals surface area contributed by atoms with E-state index in [4.69, 9.17) is 11.6 Å². The van der Waals surface area contributed by atoms with Crippen LogP contribution in [-0.4, -0.2) is 19.3 Å². The summed E-state index contributed by atoms with van der Waals surface area (Å²) in [4.78, 5) is 16.2. The molecule has 0 spiro atoms. The van der Waals surface area contributed by atoms with E-state index >= 15 is 0 Å². The zero-order valence-electron chi connectivity index (χ0n) is 13.4. The standard InChI is InChI=1S/C18H14ClN3O3S/c19-16-6-1-2-7-17(16)22-26(24,25)15-5-3-4-13(12-15)18(23)21-14-8-10-20-11-9-14/h1-12,22H,(H,20,21,23). The van der Waals surface area contributed by atoms with E-state index < -0.39 is 15.9 Å². The number of pyridine rings is 1. The zero-order valence-corrected chi connectivity index (χ0v) is 15.0. The van der Waals surface area contributed by atoms with Crippen LogP contribution in [0.2, 0.25) is 5.02 Å². The number of nitrogens with zero attached hydrogens (tertiary/aromatic N) is 1. The number of benzene rings is 2. The predicted molar refractivity (Wildman–Crippen MR) is 101 cm³/mol. The van der Waals surface area contributed by atoms with Gasteiger partial charge in [0.15, 0.2) is 0 Å². The third-order valence-corrected chi connectivity index (χ3v) is 5.16. The first kappa shape index (κ1) is 17.9. The lowest BCUT2D eigenvalue weighted by molar-refractivity contribution is 0.102. The van der Waals surface area contributed by atoms with Crippen LogP contribution in [0.1, 0.15) is 10.4 Å². The molecule has 3 aromatic rings. The van der Waals surface area contributed by atoms with Crippen molar-refractivity contribution < 1.29 is 13.2 Å². The number of carbonyl (C=O) groups is 1. The first-order chi connectivity index (χ1) is 12.5. The summed E-state index contributed by atoms with van der Waals surface area (Å²) in [6.45, 7) is 0. The number of hydrogen-bond acceptors (Lipinski definition) is 4. The molecule has 0 saturated heterocycles. The van der Waals surface area contributed by atoms with Crippen molar-refractivity contribution in [3.05, 3.63) is 83.6 Å². The van der Waals surface area contributed by atoms with Gasteiger partial charge in [-0.25, -0.2) is 8.42 Å². The summed E-state index contributed by atoms with van der Waals surface area (Å²) in [7, 11) is -3.89. The van der Waals surface area contributed by atoms with E-state index in [2.05, 4.69) is 15.0 Å². The molecule has 1 amide bonds. The molecule has 6 nitrogen and oxygen atoms in total. The van der Waals surface area contributed by atoms with E-state index in [0.29, 0.717) is 5.69 Å². The predicted octanol–water partition coefficient (Wildman–Crippen LogP) is 3.79. The summed E-state index contributed by atoms with van der Waals surface area (Å²) in [5, 5.41) is 2.96. The van der Waals surface area contributed by atoms with E-state index in [1.165, 1.54) is 24.3 Å². The van der Waals surface area contributed by atoms with Crippen molar-refractivity contribution in [2.75, 3.05) is 10.0 Å². The van der Waals surface area contributed by atoms with Crippen LogP contribution >= 0.6 is 11.6 Å². The normalized spacial score (nSPS) is 11.0. The third-order valence-electron chi connectivity index (χ3n) is 3.46. The number of aromatic nitrogens is 1. The Morgan fingerprint density at radius 1 is 0.962 bits per heavy atom. The maximum Gasteiger partial charge on any atom is 0.261 e.